The molecule has 0 bridgehead atoms. The summed E-state index contributed by atoms with van der Waals surface area (Å²) in [5.74, 6) is -5.22. The Balaban J connectivity index is 2.73. The lowest BCUT2D eigenvalue weighted by Crippen LogP contribution is -2.33. The number of rotatable bonds is 1. The zero-order valence-electron chi connectivity index (χ0n) is 5.03. The van der Waals surface area contributed by atoms with Crippen molar-refractivity contribution in [3.05, 3.63) is 0 Å². The molecule has 10 heavy (non-hydrogen) atoms. The van der Waals surface area contributed by atoms with Gasteiger partial charge in [-0.15, -0.1) is 0 Å². The third-order valence-electron chi connectivity index (χ3n) is 1.51. The van der Waals surface area contributed by atoms with E-state index in [1.165, 1.54) is 0 Å². The number of alkyl halides is 3. The van der Waals surface area contributed by atoms with Gasteiger partial charge in [-0.25, -0.2) is 0 Å². The lowest BCUT2D eigenvalue weighted by atomic mass is 10.1. The second-order valence-electron chi connectivity index (χ2n) is 2.18. The topological polar surface area (TPSA) is 29.1 Å². The molecule has 0 saturated carbocycles. The zero-order valence-corrected chi connectivity index (χ0v) is 6.62. The Labute approximate surface area is 65.1 Å². The molecule has 1 atom stereocenters. The Morgan fingerprint density at radius 1 is 1.80 bits per heavy atom. The van der Waals surface area contributed by atoms with Gasteiger partial charge in [-0.05, 0) is 0 Å². The number of hydrogen-bond donors (Lipinski definition) is 1. The first kappa shape index (κ1) is 7.91. The zero-order chi connectivity index (χ0) is 7.78. The summed E-state index contributed by atoms with van der Waals surface area (Å²) in [6.07, 6.45) is 0. The highest BCUT2D eigenvalue weighted by Crippen LogP contribution is 2.30. The van der Waals surface area contributed by atoms with Crippen LogP contribution in [-0.2, 0) is 4.79 Å². The summed E-state index contributed by atoms with van der Waals surface area (Å²) < 4.78 is 25.1. The first-order chi connectivity index (χ1) is 4.59. The molecule has 1 amide bonds. The van der Waals surface area contributed by atoms with E-state index in [0.717, 1.165) is 0 Å². The normalized spacial score (nSPS) is 30.3. The van der Waals surface area contributed by atoms with Crippen LogP contribution in [0.15, 0.2) is 0 Å². The van der Waals surface area contributed by atoms with Gasteiger partial charge < -0.3 is 5.32 Å². The lowest BCUT2D eigenvalue weighted by molar-refractivity contribution is -0.143. The Hall–Kier alpha value is -0.190. The average Bonchev–Trinajstić information content (AvgIpc) is 2.10. The van der Waals surface area contributed by atoms with Gasteiger partial charge in [-0.3, -0.25) is 4.79 Å². The predicted octanol–water partition coefficient (Wildman–Crippen LogP) is 0.763. The molecule has 1 fully saturated rings. The van der Waals surface area contributed by atoms with Crippen LogP contribution in [0.25, 0.3) is 0 Å². The molecule has 1 rings (SSSR count). The molecule has 0 aliphatic carbocycles. The molecule has 0 radical (unpaired) electrons. The SMILES string of the molecule is O=C1NCC(CBr)C1(F)F. The fourth-order valence-electron chi connectivity index (χ4n) is 0.799. The number of carbonyl (C=O) groups excluding carboxylic acids is 1. The van der Waals surface area contributed by atoms with Crippen molar-refractivity contribution in [1.29, 1.82) is 0 Å². The first-order valence-electron chi connectivity index (χ1n) is 2.81. The molecule has 2 nitrogen and oxygen atoms in total. The minimum atomic E-state index is -3.18. The van der Waals surface area contributed by atoms with Crippen molar-refractivity contribution in [3.8, 4) is 0 Å². The van der Waals surface area contributed by atoms with Crippen LogP contribution in [0.1, 0.15) is 0 Å². The molecule has 0 aromatic rings. The van der Waals surface area contributed by atoms with Gasteiger partial charge in [-0.1, -0.05) is 15.9 Å². The summed E-state index contributed by atoms with van der Waals surface area (Å²) >= 11 is 2.91. The molecule has 5 heteroatoms. The van der Waals surface area contributed by atoms with Crippen LogP contribution in [0, 0.1) is 5.92 Å². The molecule has 1 N–H and O–H groups in total. The summed E-state index contributed by atoms with van der Waals surface area (Å²) in [6.45, 7) is 0.0666. The van der Waals surface area contributed by atoms with Gasteiger partial charge in [0.1, 0.15) is 0 Å². The Kier molecular flexibility index (Phi) is 1.94. The molecule has 1 saturated heterocycles. The maximum Gasteiger partial charge on any atom is 0.329 e. The highest BCUT2D eigenvalue weighted by Gasteiger charge is 2.51. The van der Waals surface area contributed by atoms with Crippen LogP contribution < -0.4 is 5.32 Å². The second kappa shape index (κ2) is 2.45. The average molecular weight is 214 g/mol. The fourth-order valence-corrected chi connectivity index (χ4v) is 1.43. The van der Waals surface area contributed by atoms with Crippen LogP contribution in [0.3, 0.4) is 0 Å². The summed E-state index contributed by atoms with van der Waals surface area (Å²) in [5, 5.41) is 2.24. The van der Waals surface area contributed by atoms with E-state index < -0.39 is 17.7 Å². The van der Waals surface area contributed by atoms with Gasteiger partial charge in [0, 0.05) is 11.9 Å². The van der Waals surface area contributed by atoms with Crippen molar-refractivity contribution in [2.24, 2.45) is 5.92 Å². The van der Waals surface area contributed by atoms with Crippen LogP contribution in [0.5, 0.6) is 0 Å². The maximum absolute atomic E-state index is 12.6. The molecule has 1 heterocycles. The smallest absolute Gasteiger partial charge is 0.329 e. The first-order valence-corrected chi connectivity index (χ1v) is 3.93. The quantitative estimate of drug-likeness (QED) is 0.641. The Morgan fingerprint density at radius 2 is 2.40 bits per heavy atom. The standard InChI is InChI=1S/C5H6BrF2NO/c6-1-3-2-9-4(10)5(3,7)8/h3H,1-2H2,(H,9,10). The van der Waals surface area contributed by atoms with Crippen LogP contribution in [-0.4, -0.2) is 23.7 Å². The van der Waals surface area contributed by atoms with E-state index in [0.29, 0.717) is 0 Å². The number of amides is 1. The summed E-state index contributed by atoms with van der Waals surface area (Å²) in [6, 6.07) is 0. The van der Waals surface area contributed by atoms with Gasteiger partial charge in [0.15, 0.2) is 0 Å². The monoisotopic (exact) mass is 213 g/mol. The number of halogens is 3. The summed E-state index contributed by atoms with van der Waals surface area (Å²) in [7, 11) is 0. The largest absolute Gasteiger partial charge is 0.350 e. The Bertz CT molecular complexity index is 162. The van der Waals surface area contributed by atoms with Crippen LogP contribution in [0.4, 0.5) is 8.78 Å². The highest BCUT2D eigenvalue weighted by molar-refractivity contribution is 9.09. The van der Waals surface area contributed by atoms with Crippen molar-refractivity contribution >= 4 is 21.8 Å². The predicted molar refractivity (Wildman–Crippen MR) is 35.2 cm³/mol. The van der Waals surface area contributed by atoms with E-state index >= 15 is 0 Å². The van der Waals surface area contributed by atoms with Crippen molar-refractivity contribution in [2.75, 3.05) is 11.9 Å². The van der Waals surface area contributed by atoms with Gasteiger partial charge in [-0.2, -0.15) is 8.78 Å². The van der Waals surface area contributed by atoms with E-state index in [2.05, 4.69) is 21.2 Å². The molecular weight excluding hydrogens is 208 g/mol. The minimum Gasteiger partial charge on any atom is -0.350 e. The van der Waals surface area contributed by atoms with Crippen LogP contribution in [0.2, 0.25) is 0 Å². The van der Waals surface area contributed by atoms with Gasteiger partial charge in [0.25, 0.3) is 5.91 Å². The number of hydrogen-bond acceptors (Lipinski definition) is 1. The lowest BCUT2D eigenvalue weighted by Gasteiger charge is -2.11. The highest BCUT2D eigenvalue weighted by atomic mass is 79.9. The minimum absolute atomic E-state index is 0.0666. The molecule has 1 aliphatic heterocycles. The van der Waals surface area contributed by atoms with Crippen molar-refractivity contribution < 1.29 is 13.6 Å². The molecule has 1 aliphatic rings. The van der Waals surface area contributed by atoms with E-state index in [1.54, 1.807) is 0 Å². The Morgan fingerprint density at radius 3 is 2.60 bits per heavy atom. The molecule has 1 unspecified atom stereocenters. The molecular formula is C5H6BrF2NO. The van der Waals surface area contributed by atoms with Crippen molar-refractivity contribution in [3.63, 3.8) is 0 Å². The third-order valence-corrected chi connectivity index (χ3v) is 2.29. The maximum atomic E-state index is 12.6. The summed E-state index contributed by atoms with van der Waals surface area (Å²) in [5.41, 5.74) is 0. The molecule has 0 spiro atoms. The van der Waals surface area contributed by atoms with E-state index in [1.807, 2.05) is 0 Å². The molecule has 0 aromatic heterocycles. The van der Waals surface area contributed by atoms with E-state index in [4.69, 9.17) is 0 Å². The number of carbonyl (C=O) groups is 1. The fraction of sp³-hybridized carbons (Fsp3) is 0.800. The molecule has 0 aromatic carbocycles. The third kappa shape index (κ3) is 1.02. The van der Waals surface area contributed by atoms with Gasteiger partial charge in [0.05, 0.1) is 5.92 Å². The van der Waals surface area contributed by atoms with E-state index in [9.17, 15) is 13.6 Å². The van der Waals surface area contributed by atoms with Crippen LogP contribution >= 0.6 is 15.9 Å². The summed E-state index contributed by atoms with van der Waals surface area (Å²) in [4.78, 5) is 10.4. The molecule has 58 valence electrons. The number of nitrogens with one attached hydrogen (secondary N) is 1. The second-order valence-corrected chi connectivity index (χ2v) is 2.83. The van der Waals surface area contributed by atoms with Crippen molar-refractivity contribution in [2.45, 2.75) is 5.92 Å². The van der Waals surface area contributed by atoms with Crippen molar-refractivity contribution in [1.82, 2.24) is 5.32 Å². The van der Waals surface area contributed by atoms with Gasteiger partial charge in [0.2, 0.25) is 0 Å². The van der Waals surface area contributed by atoms with Gasteiger partial charge >= 0.3 is 5.92 Å². The van der Waals surface area contributed by atoms with E-state index in [-0.39, 0.29) is 11.9 Å².